The Bertz CT molecular complexity index is 1660. The highest BCUT2D eigenvalue weighted by molar-refractivity contribution is 5.85. The lowest BCUT2D eigenvalue weighted by Crippen LogP contribution is -2.42. The Morgan fingerprint density at radius 2 is 1.37 bits per heavy atom. The first-order valence-corrected chi connectivity index (χ1v) is 15.4. The van der Waals surface area contributed by atoms with Gasteiger partial charge < -0.3 is 19.1 Å². The van der Waals surface area contributed by atoms with Crippen molar-refractivity contribution in [1.29, 1.82) is 0 Å². The van der Waals surface area contributed by atoms with Crippen LogP contribution in [-0.2, 0) is 36.9 Å². The van der Waals surface area contributed by atoms with Crippen LogP contribution in [0.1, 0.15) is 42.9 Å². The Kier molecular flexibility index (Phi) is 12.7. The smallest absolute Gasteiger partial charge is 0.344 e. The highest BCUT2D eigenvalue weighted by Crippen LogP contribution is 2.30. The lowest BCUT2D eigenvalue weighted by atomic mass is 10.00. The van der Waals surface area contributed by atoms with E-state index in [2.05, 4.69) is 33.9 Å². The van der Waals surface area contributed by atoms with Crippen LogP contribution in [0.15, 0.2) is 94.5 Å². The third-order valence-electron chi connectivity index (χ3n) is 8.17. The number of unbranched alkanes of at least 4 members (excludes halogenated alkanes) is 1. The molecule has 0 saturated carbocycles. The average molecular weight is 650 g/mol. The zero-order valence-electron chi connectivity index (χ0n) is 25.9. The maximum Gasteiger partial charge on any atom is 0.344 e. The molecule has 0 aliphatic carbocycles. The predicted molar refractivity (Wildman–Crippen MR) is 177 cm³/mol. The standard InChI is InChI=1S/C35H39N3O7.ClH/c1-43-32(40)25-44-31(39)24-38-34(41)29-16-8-9-17-30(29)37(35(38)42)21-11-10-20-36-22-18-28(19-23-36)45-33(26-12-4-2-5-13-26)27-14-6-3-7-15-27;/h2-9,12-17,28,33H,10-11,18-25H2,1H3;1H. The van der Waals surface area contributed by atoms with Gasteiger partial charge in [0.25, 0.3) is 5.56 Å². The van der Waals surface area contributed by atoms with Crippen molar-refractivity contribution in [2.24, 2.45) is 0 Å². The minimum Gasteiger partial charge on any atom is -0.466 e. The first kappa shape index (κ1) is 34.6. The molecule has 0 spiro atoms. The molecular weight excluding hydrogens is 610 g/mol. The molecule has 46 heavy (non-hydrogen) atoms. The van der Waals surface area contributed by atoms with E-state index in [9.17, 15) is 19.2 Å². The summed E-state index contributed by atoms with van der Waals surface area (Å²) in [5.41, 5.74) is 1.67. The number of likely N-dealkylation sites (tertiary alicyclic amines) is 1. The fraction of sp³-hybridized carbons (Fsp3) is 0.371. The van der Waals surface area contributed by atoms with E-state index in [-0.39, 0.29) is 24.6 Å². The molecule has 244 valence electrons. The molecule has 1 aromatic heterocycles. The number of aryl methyl sites for hydroxylation is 1. The Labute approximate surface area is 273 Å². The van der Waals surface area contributed by atoms with Gasteiger partial charge in [-0.15, -0.1) is 12.4 Å². The second-order valence-electron chi connectivity index (χ2n) is 11.2. The van der Waals surface area contributed by atoms with Gasteiger partial charge in [0.05, 0.1) is 24.1 Å². The Morgan fingerprint density at radius 1 is 0.783 bits per heavy atom. The van der Waals surface area contributed by atoms with Crippen LogP contribution >= 0.6 is 12.4 Å². The fourth-order valence-electron chi connectivity index (χ4n) is 5.77. The number of nitrogens with zero attached hydrogens (tertiary/aromatic N) is 3. The summed E-state index contributed by atoms with van der Waals surface area (Å²) in [6, 6.07) is 27.5. The highest BCUT2D eigenvalue weighted by atomic mass is 35.5. The molecule has 2 heterocycles. The van der Waals surface area contributed by atoms with E-state index < -0.39 is 36.3 Å². The molecule has 1 saturated heterocycles. The fourth-order valence-corrected chi connectivity index (χ4v) is 5.77. The summed E-state index contributed by atoms with van der Waals surface area (Å²) in [6.07, 6.45) is 3.53. The van der Waals surface area contributed by atoms with Gasteiger partial charge in [-0.1, -0.05) is 72.8 Å². The Morgan fingerprint density at radius 3 is 2.00 bits per heavy atom. The van der Waals surface area contributed by atoms with Crippen LogP contribution in [0.4, 0.5) is 0 Å². The normalized spacial score (nSPS) is 13.8. The Balaban J connectivity index is 0.00000480. The van der Waals surface area contributed by atoms with E-state index in [1.807, 2.05) is 36.4 Å². The van der Waals surface area contributed by atoms with E-state index in [0.717, 1.165) is 61.0 Å². The van der Waals surface area contributed by atoms with Crippen molar-refractivity contribution in [2.45, 2.75) is 51.0 Å². The van der Waals surface area contributed by atoms with Gasteiger partial charge >= 0.3 is 17.6 Å². The number of benzene rings is 3. The van der Waals surface area contributed by atoms with Crippen molar-refractivity contribution in [3.63, 3.8) is 0 Å². The summed E-state index contributed by atoms with van der Waals surface area (Å²) < 4.78 is 18.4. The molecule has 0 radical (unpaired) electrons. The number of hydrogen-bond acceptors (Lipinski definition) is 8. The van der Waals surface area contributed by atoms with Crippen LogP contribution < -0.4 is 11.2 Å². The third kappa shape index (κ3) is 8.72. The van der Waals surface area contributed by atoms with Crippen LogP contribution in [0.5, 0.6) is 0 Å². The van der Waals surface area contributed by atoms with Gasteiger partial charge in [-0.3, -0.25) is 14.2 Å². The average Bonchev–Trinajstić information content (AvgIpc) is 3.09. The number of rotatable bonds is 13. The number of hydrogen-bond donors (Lipinski definition) is 0. The van der Waals surface area contributed by atoms with E-state index in [1.54, 1.807) is 24.3 Å². The molecule has 1 fully saturated rings. The lowest BCUT2D eigenvalue weighted by Gasteiger charge is -2.34. The summed E-state index contributed by atoms with van der Waals surface area (Å²) in [5, 5.41) is 0.337. The summed E-state index contributed by atoms with van der Waals surface area (Å²) in [7, 11) is 1.17. The second-order valence-corrected chi connectivity index (χ2v) is 11.2. The quantitative estimate of drug-likeness (QED) is 0.155. The largest absolute Gasteiger partial charge is 0.466 e. The number of methoxy groups -OCH3 is 1. The van der Waals surface area contributed by atoms with Crippen LogP contribution in [0.3, 0.4) is 0 Å². The summed E-state index contributed by atoms with van der Waals surface area (Å²) in [4.78, 5) is 52.5. The van der Waals surface area contributed by atoms with Crippen molar-refractivity contribution in [1.82, 2.24) is 14.0 Å². The molecule has 3 aromatic carbocycles. The number of fused-ring (bicyclic) bond motifs is 1. The number of carbonyl (C=O) groups excluding carboxylic acids is 2. The van der Waals surface area contributed by atoms with Gasteiger partial charge in [0.15, 0.2) is 6.61 Å². The first-order chi connectivity index (χ1) is 21.9. The van der Waals surface area contributed by atoms with Crippen LogP contribution in [-0.4, -0.2) is 65.4 Å². The topological polar surface area (TPSA) is 109 Å². The zero-order valence-corrected chi connectivity index (χ0v) is 26.7. The van der Waals surface area contributed by atoms with Crippen molar-refractivity contribution in [3.8, 4) is 0 Å². The van der Waals surface area contributed by atoms with Gasteiger partial charge in [0, 0.05) is 19.6 Å². The molecule has 0 bridgehead atoms. The summed E-state index contributed by atoms with van der Waals surface area (Å²) in [5.74, 6) is -1.60. The maximum absolute atomic E-state index is 13.4. The molecule has 0 atom stereocenters. The van der Waals surface area contributed by atoms with Gasteiger partial charge in [0.2, 0.25) is 0 Å². The molecular formula is C35H40ClN3O7. The summed E-state index contributed by atoms with van der Waals surface area (Å²) in [6.45, 7) is 1.97. The lowest BCUT2D eigenvalue weighted by molar-refractivity contribution is -0.157. The number of carbonyl (C=O) groups is 2. The number of piperidine rings is 1. The minimum absolute atomic E-state index is 0. The van der Waals surface area contributed by atoms with E-state index in [0.29, 0.717) is 17.4 Å². The second kappa shape index (κ2) is 16.9. The van der Waals surface area contributed by atoms with Gasteiger partial charge in [0.1, 0.15) is 12.6 Å². The van der Waals surface area contributed by atoms with Crippen LogP contribution in [0.2, 0.25) is 0 Å². The van der Waals surface area contributed by atoms with E-state index >= 15 is 0 Å². The van der Waals surface area contributed by atoms with Gasteiger partial charge in [-0.05, 0) is 55.5 Å². The molecule has 1 aliphatic rings. The van der Waals surface area contributed by atoms with Crippen LogP contribution in [0.25, 0.3) is 10.9 Å². The predicted octanol–water partition coefficient (Wildman–Crippen LogP) is 4.35. The molecule has 0 amide bonds. The molecule has 10 nitrogen and oxygen atoms in total. The minimum atomic E-state index is -0.868. The number of esters is 2. The SMILES string of the molecule is COC(=O)COC(=O)Cn1c(=O)c2ccccc2n(CCCCN2CCC(OC(c3ccccc3)c3ccccc3)CC2)c1=O.Cl. The van der Waals surface area contributed by atoms with E-state index in [4.69, 9.17) is 9.47 Å². The molecule has 5 rings (SSSR count). The number of ether oxygens (including phenoxy) is 3. The number of halogens is 1. The molecule has 1 aliphatic heterocycles. The Hall–Kier alpha value is -4.25. The zero-order chi connectivity index (χ0) is 31.6. The van der Waals surface area contributed by atoms with Crippen molar-refractivity contribution in [3.05, 3.63) is 117 Å². The van der Waals surface area contributed by atoms with Crippen molar-refractivity contribution >= 4 is 35.2 Å². The van der Waals surface area contributed by atoms with Gasteiger partial charge in [-0.2, -0.15) is 0 Å². The third-order valence-corrected chi connectivity index (χ3v) is 8.17. The van der Waals surface area contributed by atoms with Gasteiger partial charge in [-0.25, -0.2) is 14.2 Å². The summed E-state index contributed by atoms with van der Waals surface area (Å²) >= 11 is 0. The number of para-hydroxylation sites is 1. The van der Waals surface area contributed by atoms with Crippen LogP contribution in [0, 0.1) is 0 Å². The van der Waals surface area contributed by atoms with Crippen molar-refractivity contribution < 1.29 is 23.8 Å². The first-order valence-electron chi connectivity index (χ1n) is 15.4. The molecule has 11 heteroatoms. The van der Waals surface area contributed by atoms with Crippen molar-refractivity contribution in [2.75, 3.05) is 33.4 Å². The van der Waals surface area contributed by atoms with E-state index in [1.165, 1.54) is 11.7 Å². The molecule has 0 N–H and O–H groups in total. The number of aromatic nitrogens is 2. The highest BCUT2D eigenvalue weighted by Gasteiger charge is 2.25. The molecule has 0 unspecified atom stereocenters. The maximum atomic E-state index is 13.4. The molecule has 4 aromatic rings. The monoisotopic (exact) mass is 649 g/mol.